The van der Waals surface area contributed by atoms with Crippen LogP contribution in [-0.2, 0) is 16.2 Å². The molecule has 8 nitrogen and oxygen atoms in total. The number of thiocarbonyl (C=S) groups is 1. The molecule has 1 aliphatic heterocycles. The Labute approximate surface area is 236 Å². The van der Waals surface area contributed by atoms with Gasteiger partial charge in [-0.25, -0.2) is 4.79 Å². The highest BCUT2D eigenvalue weighted by Crippen LogP contribution is 2.38. The Balaban J connectivity index is 1.64. The van der Waals surface area contributed by atoms with E-state index in [0.29, 0.717) is 17.1 Å². The number of hydrogen-bond donors (Lipinski definition) is 2. The first kappa shape index (κ1) is 26.6. The van der Waals surface area contributed by atoms with Gasteiger partial charge in [0, 0.05) is 3.57 Å². The zero-order chi connectivity index (χ0) is 26.7. The van der Waals surface area contributed by atoms with Crippen LogP contribution in [0.4, 0.5) is 5.69 Å². The van der Waals surface area contributed by atoms with Crippen LogP contribution in [0, 0.1) is 3.57 Å². The van der Waals surface area contributed by atoms with E-state index in [-0.39, 0.29) is 33.6 Å². The number of carboxylic acid groups (broad SMARTS) is 1. The standard InChI is InChI=1S/C26H18ClIN2O6S/c1-35-21-11-15(10-20(27)22(21)36-13-14-5-7-17(28)8-6-14)9-19-23(31)29-26(37)30(24(19)32)18-4-2-3-16(12-18)25(33)34/h2-12H,13H2,1H3,(H,33,34)(H,29,31,37). The molecular formula is C26H18ClIN2O6S. The fourth-order valence-corrected chi connectivity index (χ4v) is 4.45. The molecule has 0 unspecified atom stereocenters. The summed E-state index contributed by atoms with van der Waals surface area (Å²) in [6, 6.07) is 16.6. The molecule has 1 saturated heterocycles. The number of carbonyl (C=O) groups is 3. The van der Waals surface area contributed by atoms with Crippen LogP contribution >= 0.6 is 46.4 Å². The fourth-order valence-electron chi connectivity index (χ4n) is 3.54. The molecule has 1 fully saturated rings. The largest absolute Gasteiger partial charge is 0.493 e. The van der Waals surface area contributed by atoms with Crippen LogP contribution < -0.4 is 19.7 Å². The van der Waals surface area contributed by atoms with Crippen molar-refractivity contribution >= 4 is 81.1 Å². The lowest BCUT2D eigenvalue weighted by molar-refractivity contribution is -0.122. The molecule has 0 atom stereocenters. The van der Waals surface area contributed by atoms with E-state index in [2.05, 4.69) is 27.9 Å². The average molecular weight is 649 g/mol. The van der Waals surface area contributed by atoms with Crippen LogP contribution in [0.3, 0.4) is 0 Å². The first-order chi connectivity index (χ1) is 17.7. The topological polar surface area (TPSA) is 105 Å². The SMILES string of the molecule is COc1cc(C=C2C(=O)NC(=S)N(c3cccc(C(=O)O)c3)C2=O)cc(Cl)c1OCc1ccc(I)cc1. The molecule has 0 aromatic heterocycles. The second kappa shape index (κ2) is 11.3. The molecule has 2 N–H and O–H groups in total. The molecule has 37 heavy (non-hydrogen) atoms. The van der Waals surface area contributed by atoms with Gasteiger partial charge in [-0.2, -0.15) is 0 Å². The monoisotopic (exact) mass is 648 g/mol. The van der Waals surface area contributed by atoms with E-state index in [4.69, 9.17) is 33.3 Å². The minimum Gasteiger partial charge on any atom is -0.493 e. The number of halogens is 2. The molecule has 3 aromatic rings. The highest BCUT2D eigenvalue weighted by Gasteiger charge is 2.35. The van der Waals surface area contributed by atoms with E-state index in [9.17, 15) is 19.5 Å². The van der Waals surface area contributed by atoms with Gasteiger partial charge in [-0.05, 0) is 94.5 Å². The lowest BCUT2D eigenvalue weighted by Gasteiger charge is -2.29. The Bertz CT molecular complexity index is 1460. The van der Waals surface area contributed by atoms with E-state index in [1.165, 1.54) is 37.5 Å². The van der Waals surface area contributed by atoms with Gasteiger partial charge in [-0.3, -0.25) is 19.8 Å². The summed E-state index contributed by atoms with van der Waals surface area (Å²) in [5.74, 6) is -1.95. The van der Waals surface area contributed by atoms with Gasteiger partial charge in [0.25, 0.3) is 11.8 Å². The van der Waals surface area contributed by atoms with Crippen molar-refractivity contribution in [3.63, 3.8) is 0 Å². The molecule has 0 radical (unpaired) electrons. The number of nitrogens with zero attached hydrogens (tertiary/aromatic N) is 1. The number of carbonyl (C=O) groups excluding carboxylic acids is 2. The molecule has 2 amide bonds. The van der Waals surface area contributed by atoms with Crippen molar-refractivity contribution in [1.82, 2.24) is 5.32 Å². The highest BCUT2D eigenvalue weighted by molar-refractivity contribution is 14.1. The van der Waals surface area contributed by atoms with Crippen LogP contribution in [0.1, 0.15) is 21.5 Å². The third kappa shape index (κ3) is 5.92. The highest BCUT2D eigenvalue weighted by atomic mass is 127. The Morgan fingerprint density at radius 3 is 2.57 bits per heavy atom. The summed E-state index contributed by atoms with van der Waals surface area (Å²) in [7, 11) is 1.45. The normalized spacial score (nSPS) is 14.5. The Kier molecular flexibility index (Phi) is 8.10. The number of nitrogens with one attached hydrogen (secondary N) is 1. The molecule has 4 rings (SSSR count). The molecule has 1 aliphatic rings. The Morgan fingerprint density at radius 1 is 1.16 bits per heavy atom. The number of amides is 2. The van der Waals surface area contributed by atoms with E-state index < -0.39 is 17.8 Å². The Morgan fingerprint density at radius 2 is 1.89 bits per heavy atom. The van der Waals surface area contributed by atoms with Crippen LogP contribution in [0.15, 0.2) is 66.2 Å². The number of rotatable bonds is 7. The lowest BCUT2D eigenvalue weighted by Crippen LogP contribution is -2.54. The summed E-state index contributed by atoms with van der Waals surface area (Å²) in [5.41, 5.74) is 1.30. The van der Waals surface area contributed by atoms with Gasteiger partial charge in [0.05, 0.1) is 23.4 Å². The molecule has 0 bridgehead atoms. The third-order valence-corrected chi connectivity index (χ3v) is 6.60. The maximum Gasteiger partial charge on any atom is 0.335 e. The predicted molar refractivity (Wildman–Crippen MR) is 151 cm³/mol. The number of hydrogen-bond acceptors (Lipinski definition) is 6. The minimum atomic E-state index is -1.16. The maximum absolute atomic E-state index is 13.3. The smallest absolute Gasteiger partial charge is 0.335 e. The number of aromatic carboxylic acids is 1. The second-order valence-electron chi connectivity index (χ2n) is 7.76. The molecular weight excluding hydrogens is 631 g/mol. The maximum atomic E-state index is 13.3. The summed E-state index contributed by atoms with van der Waals surface area (Å²) >= 11 is 13.9. The van der Waals surface area contributed by atoms with Gasteiger partial charge in [0.15, 0.2) is 16.6 Å². The molecule has 3 aromatic carbocycles. The summed E-state index contributed by atoms with van der Waals surface area (Å²) < 4.78 is 12.4. The molecule has 0 spiro atoms. The summed E-state index contributed by atoms with van der Waals surface area (Å²) in [4.78, 5) is 38.4. The van der Waals surface area contributed by atoms with Gasteiger partial charge in [-0.15, -0.1) is 0 Å². The molecule has 0 saturated carbocycles. The summed E-state index contributed by atoms with van der Waals surface area (Å²) in [5, 5.41) is 11.8. The summed E-state index contributed by atoms with van der Waals surface area (Å²) in [6.45, 7) is 0.260. The lowest BCUT2D eigenvalue weighted by atomic mass is 10.1. The quantitative estimate of drug-likeness (QED) is 0.160. The minimum absolute atomic E-state index is 0.0344. The van der Waals surface area contributed by atoms with Crippen LogP contribution in [-0.4, -0.2) is 35.1 Å². The third-order valence-electron chi connectivity index (χ3n) is 5.31. The predicted octanol–water partition coefficient (Wildman–Crippen LogP) is 5.06. The summed E-state index contributed by atoms with van der Waals surface area (Å²) in [6.07, 6.45) is 1.35. The van der Waals surface area contributed by atoms with Crippen molar-refractivity contribution in [2.75, 3.05) is 12.0 Å². The van der Waals surface area contributed by atoms with Crippen molar-refractivity contribution in [3.8, 4) is 11.5 Å². The van der Waals surface area contributed by atoms with Crippen LogP contribution in [0.2, 0.25) is 5.02 Å². The van der Waals surface area contributed by atoms with E-state index in [1.807, 2.05) is 24.3 Å². The first-order valence-electron chi connectivity index (χ1n) is 10.7. The second-order valence-corrected chi connectivity index (χ2v) is 9.80. The van der Waals surface area contributed by atoms with Gasteiger partial charge >= 0.3 is 5.97 Å². The number of benzene rings is 3. The van der Waals surface area contributed by atoms with Crippen molar-refractivity contribution in [2.24, 2.45) is 0 Å². The van der Waals surface area contributed by atoms with Crippen LogP contribution in [0.5, 0.6) is 11.5 Å². The van der Waals surface area contributed by atoms with Gasteiger partial charge < -0.3 is 14.6 Å². The van der Waals surface area contributed by atoms with Gasteiger partial charge in [0.2, 0.25) is 0 Å². The number of anilines is 1. The zero-order valence-electron chi connectivity index (χ0n) is 19.2. The van der Waals surface area contributed by atoms with Crippen molar-refractivity contribution in [1.29, 1.82) is 0 Å². The number of carboxylic acids is 1. The van der Waals surface area contributed by atoms with Crippen LogP contribution in [0.25, 0.3) is 6.08 Å². The fraction of sp³-hybridized carbons (Fsp3) is 0.0769. The molecule has 188 valence electrons. The zero-order valence-corrected chi connectivity index (χ0v) is 22.9. The first-order valence-corrected chi connectivity index (χ1v) is 12.5. The van der Waals surface area contributed by atoms with Gasteiger partial charge in [-0.1, -0.05) is 29.8 Å². The molecule has 11 heteroatoms. The molecule has 0 aliphatic carbocycles. The van der Waals surface area contributed by atoms with Crippen molar-refractivity contribution in [3.05, 3.63) is 91.5 Å². The van der Waals surface area contributed by atoms with Crippen molar-refractivity contribution in [2.45, 2.75) is 6.61 Å². The molecule has 1 heterocycles. The van der Waals surface area contributed by atoms with Gasteiger partial charge in [0.1, 0.15) is 12.2 Å². The van der Waals surface area contributed by atoms with E-state index in [1.54, 1.807) is 12.1 Å². The van der Waals surface area contributed by atoms with E-state index >= 15 is 0 Å². The van der Waals surface area contributed by atoms with Crippen molar-refractivity contribution < 1.29 is 29.0 Å². The van der Waals surface area contributed by atoms with E-state index in [0.717, 1.165) is 14.0 Å². The number of ether oxygens (including phenoxy) is 2. The average Bonchev–Trinajstić information content (AvgIpc) is 2.86. The number of methoxy groups -OCH3 is 1. The Hall–Kier alpha value is -3.48.